The molecule has 1 aliphatic rings. The maximum absolute atomic E-state index is 14.0. The third-order valence-electron chi connectivity index (χ3n) is 6.61. The van der Waals surface area contributed by atoms with Gasteiger partial charge in [-0.05, 0) is 29.8 Å². The lowest BCUT2D eigenvalue weighted by molar-refractivity contribution is -0.134. The molecule has 2 atom stereocenters. The molecular formula is C26H26N5O2S+. The van der Waals surface area contributed by atoms with Crippen molar-refractivity contribution in [2.45, 2.75) is 24.0 Å². The standard InChI is InChI=1S/C26H25N5O2S/c1-30-21-13-6-5-12-20(21)29-26(30)34-17-23(32)31(16-8-14-22(31)24(27)33)25-19(11-7-15-28-25)18-9-3-2-4-10-18/h2-7,9-13,15,22H,8,14,16-17H2,1H3,(H-,27,33)/p+1/t22-,31?/m0/s1. The van der Waals surface area contributed by atoms with Crippen molar-refractivity contribution < 1.29 is 9.59 Å². The molecule has 0 saturated carbocycles. The number of pyridine rings is 1. The van der Waals surface area contributed by atoms with Crippen LogP contribution in [0.2, 0.25) is 0 Å². The van der Waals surface area contributed by atoms with Crippen molar-refractivity contribution in [1.29, 1.82) is 0 Å². The molecule has 2 amide bonds. The molecule has 1 unspecified atom stereocenters. The van der Waals surface area contributed by atoms with Crippen LogP contribution >= 0.6 is 11.8 Å². The molecule has 34 heavy (non-hydrogen) atoms. The number of hydrogen-bond acceptors (Lipinski definition) is 5. The maximum atomic E-state index is 14.0. The van der Waals surface area contributed by atoms with Gasteiger partial charge in [-0.25, -0.2) is 19.2 Å². The zero-order valence-corrected chi connectivity index (χ0v) is 19.7. The first-order chi connectivity index (χ1) is 16.5. The van der Waals surface area contributed by atoms with Crippen LogP contribution in [0.4, 0.5) is 5.82 Å². The number of nitrogens with two attached hydrogens (primary N) is 1. The van der Waals surface area contributed by atoms with Crippen molar-refractivity contribution in [1.82, 2.24) is 19.0 Å². The lowest BCUT2D eigenvalue weighted by atomic mass is 10.0. The van der Waals surface area contributed by atoms with Gasteiger partial charge in [-0.3, -0.25) is 4.79 Å². The highest BCUT2D eigenvalue weighted by molar-refractivity contribution is 7.99. The van der Waals surface area contributed by atoms with Crippen LogP contribution < -0.4 is 10.2 Å². The predicted molar refractivity (Wildman–Crippen MR) is 135 cm³/mol. The van der Waals surface area contributed by atoms with Gasteiger partial charge in [0, 0.05) is 26.1 Å². The molecule has 2 aromatic heterocycles. The molecule has 1 aliphatic heterocycles. The molecule has 7 nitrogen and oxygen atoms in total. The van der Waals surface area contributed by atoms with Crippen LogP contribution in [0.25, 0.3) is 22.2 Å². The van der Waals surface area contributed by atoms with Gasteiger partial charge in [-0.2, -0.15) is 0 Å². The highest BCUT2D eigenvalue weighted by atomic mass is 32.2. The van der Waals surface area contributed by atoms with E-state index >= 15 is 0 Å². The van der Waals surface area contributed by atoms with Crippen molar-refractivity contribution in [2.24, 2.45) is 12.8 Å². The number of fused-ring (bicyclic) bond motifs is 1. The molecule has 3 heterocycles. The minimum Gasteiger partial charge on any atom is -0.364 e. The van der Waals surface area contributed by atoms with Gasteiger partial charge < -0.3 is 10.3 Å². The number of carbonyl (C=O) groups excluding carboxylic acids is 2. The van der Waals surface area contributed by atoms with E-state index in [1.54, 1.807) is 6.20 Å². The van der Waals surface area contributed by atoms with Gasteiger partial charge in [0.1, 0.15) is 5.75 Å². The molecule has 4 aromatic rings. The fourth-order valence-electron chi connectivity index (χ4n) is 4.99. The van der Waals surface area contributed by atoms with Gasteiger partial charge in [0.2, 0.25) is 5.82 Å². The summed E-state index contributed by atoms with van der Waals surface area (Å²) in [6, 6.07) is 20.9. The lowest BCUT2D eigenvalue weighted by Crippen LogP contribution is -2.63. The van der Waals surface area contributed by atoms with Crippen molar-refractivity contribution in [3.8, 4) is 11.1 Å². The quantitative estimate of drug-likeness (QED) is 0.339. The molecule has 0 aliphatic carbocycles. The number of likely N-dealkylation sites (tertiary alicyclic amines) is 1. The first-order valence-electron chi connectivity index (χ1n) is 11.3. The van der Waals surface area contributed by atoms with Gasteiger partial charge in [0.05, 0.1) is 23.1 Å². The maximum Gasteiger partial charge on any atom is 0.331 e. The molecular weight excluding hydrogens is 446 g/mol. The third kappa shape index (κ3) is 3.69. The zero-order valence-electron chi connectivity index (χ0n) is 18.9. The van der Waals surface area contributed by atoms with E-state index in [1.165, 1.54) is 11.8 Å². The van der Waals surface area contributed by atoms with E-state index in [2.05, 4.69) is 9.97 Å². The van der Waals surface area contributed by atoms with Crippen LogP contribution in [0.3, 0.4) is 0 Å². The summed E-state index contributed by atoms with van der Waals surface area (Å²) in [5.74, 6) is 0.189. The monoisotopic (exact) mass is 472 g/mol. The zero-order chi connectivity index (χ0) is 23.7. The van der Waals surface area contributed by atoms with Crippen LogP contribution in [-0.4, -0.2) is 44.7 Å². The van der Waals surface area contributed by atoms with Crippen molar-refractivity contribution in [2.75, 3.05) is 12.3 Å². The number of nitrogens with zero attached hydrogens (tertiary/aromatic N) is 4. The van der Waals surface area contributed by atoms with Gasteiger partial charge in [0.15, 0.2) is 11.2 Å². The molecule has 1 saturated heterocycles. The number of primary amides is 1. The van der Waals surface area contributed by atoms with E-state index in [9.17, 15) is 9.59 Å². The minimum absolute atomic E-state index is 0.0887. The van der Waals surface area contributed by atoms with Gasteiger partial charge in [-0.15, -0.1) is 0 Å². The van der Waals surface area contributed by atoms with Crippen LogP contribution in [0, 0.1) is 0 Å². The Morgan fingerprint density at radius 2 is 1.85 bits per heavy atom. The summed E-state index contributed by atoms with van der Waals surface area (Å²) in [7, 11) is 1.95. The smallest absolute Gasteiger partial charge is 0.331 e. The Morgan fingerprint density at radius 1 is 1.09 bits per heavy atom. The average Bonchev–Trinajstić information content (AvgIpc) is 3.46. The Morgan fingerprint density at radius 3 is 2.62 bits per heavy atom. The molecule has 1 fully saturated rings. The third-order valence-corrected chi connectivity index (χ3v) is 7.63. The van der Waals surface area contributed by atoms with Gasteiger partial charge in [0.25, 0.3) is 5.91 Å². The van der Waals surface area contributed by atoms with Crippen molar-refractivity contribution >= 4 is 40.4 Å². The SMILES string of the molecule is Cn1c(SCC(=O)[N+]2(c3ncccc3-c3ccccc3)CCC[C@H]2C(N)=O)nc2ccccc21. The summed E-state index contributed by atoms with van der Waals surface area (Å²) >= 11 is 1.38. The van der Waals surface area contributed by atoms with Crippen LogP contribution in [-0.2, 0) is 16.6 Å². The first-order valence-corrected chi connectivity index (χ1v) is 12.3. The lowest BCUT2D eigenvalue weighted by Gasteiger charge is -2.35. The fourth-order valence-corrected chi connectivity index (χ4v) is 5.93. The van der Waals surface area contributed by atoms with E-state index in [4.69, 9.17) is 5.73 Å². The molecule has 0 spiro atoms. The van der Waals surface area contributed by atoms with E-state index in [0.717, 1.165) is 33.7 Å². The van der Waals surface area contributed by atoms with E-state index in [1.807, 2.05) is 78.3 Å². The average molecular weight is 473 g/mol. The normalized spacial score (nSPS) is 20.0. The second kappa shape index (κ2) is 9.04. The minimum atomic E-state index is -0.647. The Bertz CT molecular complexity index is 1370. The number of amides is 2. The number of imidazole rings is 1. The molecule has 5 rings (SSSR count). The number of aromatic nitrogens is 3. The molecule has 2 aromatic carbocycles. The van der Waals surface area contributed by atoms with E-state index in [0.29, 0.717) is 18.8 Å². The summed E-state index contributed by atoms with van der Waals surface area (Å²) < 4.78 is 1.83. The van der Waals surface area contributed by atoms with E-state index < -0.39 is 11.9 Å². The Labute approximate surface area is 202 Å². The number of rotatable bonds is 6. The first kappa shape index (κ1) is 22.3. The van der Waals surface area contributed by atoms with Gasteiger partial charge >= 0.3 is 5.91 Å². The van der Waals surface area contributed by atoms with Crippen LogP contribution in [0.15, 0.2) is 78.1 Å². The Hall–Kier alpha value is -3.49. The highest BCUT2D eigenvalue weighted by Crippen LogP contribution is 2.40. The molecule has 0 bridgehead atoms. The predicted octanol–water partition coefficient (Wildman–Crippen LogP) is 3.91. The number of thioether (sulfide) groups is 1. The van der Waals surface area contributed by atoms with E-state index in [-0.39, 0.29) is 16.1 Å². The number of carbonyl (C=O) groups is 2. The van der Waals surface area contributed by atoms with Crippen LogP contribution in [0.5, 0.6) is 0 Å². The number of aryl methyl sites for hydroxylation is 1. The van der Waals surface area contributed by atoms with Crippen molar-refractivity contribution in [3.63, 3.8) is 0 Å². The molecule has 8 heteroatoms. The molecule has 172 valence electrons. The summed E-state index contributed by atoms with van der Waals surface area (Å²) in [6.07, 6.45) is 2.97. The summed E-state index contributed by atoms with van der Waals surface area (Å²) in [5.41, 5.74) is 9.55. The fraction of sp³-hybridized carbons (Fsp3) is 0.231. The van der Waals surface area contributed by atoms with Gasteiger partial charge in [-0.1, -0.05) is 54.2 Å². The second-order valence-electron chi connectivity index (χ2n) is 8.52. The summed E-state index contributed by atoms with van der Waals surface area (Å²) in [5, 5.41) is 0.756. The van der Waals surface area contributed by atoms with Crippen LogP contribution in [0.1, 0.15) is 12.8 Å². The molecule has 0 radical (unpaired) electrons. The van der Waals surface area contributed by atoms with Crippen molar-refractivity contribution in [3.05, 3.63) is 72.9 Å². The second-order valence-corrected chi connectivity index (χ2v) is 9.46. The topological polar surface area (TPSA) is 90.9 Å². The Balaban J connectivity index is 1.55. The summed E-state index contributed by atoms with van der Waals surface area (Å²) in [4.78, 5) is 36.0. The molecule has 2 N–H and O–H groups in total. The number of quaternary nitrogens is 1. The number of benzene rings is 2. The highest BCUT2D eigenvalue weighted by Gasteiger charge is 2.54. The summed E-state index contributed by atoms with van der Waals surface area (Å²) in [6.45, 7) is 0.492. The number of para-hydroxylation sites is 2. The number of hydrogen-bond donors (Lipinski definition) is 1. The largest absolute Gasteiger partial charge is 0.364 e. The Kier molecular flexibility index (Phi) is 5.93.